The average Bonchev–Trinajstić information content (AvgIpc) is 3.02. The molecule has 26 heavy (non-hydrogen) atoms. The van der Waals surface area contributed by atoms with Gasteiger partial charge in [0.2, 0.25) is 17.6 Å². The lowest BCUT2D eigenvalue weighted by molar-refractivity contribution is -0.127. The topological polar surface area (TPSA) is 71.3 Å². The maximum atomic E-state index is 12.3. The predicted octanol–water partition coefficient (Wildman–Crippen LogP) is 3.17. The number of carbonyl (C=O) groups excluding carboxylic acids is 1. The highest BCUT2D eigenvalue weighted by Crippen LogP contribution is 2.22. The normalized spacial score (nSPS) is 16.6. The minimum atomic E-state index is -0.177. The number of aromatic nitrogens is 2. The van der Waals surface area contributed by atoms with Gasteiger partial charge in [-0.05, 0) is 59.2 Å². The van der Waals surface area contributed by atoms with Crippen molar-refractivity contribution in [3.8, 4) is 11.4 Å². The number of nitrogens with one attached hydrogen (secondary N) is 1. The van der Waals surface area contributed by atoms with Crippen LogP contribution in [-0.2, 0) is 11.3 Å². The molecule has 0 unspecified atom stereocenters. The molecule has 1 amide bonds. The van der Waals surface area contributed by atoms with Gasteiger partial charge in [0.25, 0.3) is 0 Å². The SMILES string of the molecule is Cc1ccccc1-c1noc(CN2CCC(C(=O)NC(C)(C)C)CC2)n1. The lowest BCUT2D eigenvalue weighted by Crippen LogP contribution is -2.46. The quantitative estimate of drug-likeness (QED) is 0.911. The summed E-state index contributed by atoms with van der Waals surface area (Å²) < 4.78 is 5.43. The summed E-state index contributed by atoms with van der Waals surface area (Å²) in [6.07, 6.45) is 1.72. The molecular weight excluding hydrogens is 328 g/mol. The van der Waals surface area contributed by atoms with Crippen LogP contribution in [0.2, 0.25) is 0 Å². The zero-order chi connectivity index (χ0) is 18.7. The fourth-order valence-electron chi connectivity index (χ4n) is 3.27. The van der Waals surface area contributed by atoms with Gasteiger partial charge in [0, 0.05) is 17.0 Å². The monoisotopic (exact) mass is 356 g/mol. The molecule has 140 valence electrons. The summed E-state index contributed by atoms with van der Waals surface area (Å²) in [5.74, 6) is 1.52. The van der Waals surface area contributed by atoms with Crippen molar-refractivity contribution < 1.29 is 9.32 Å². The van der Waals surface area contributed by atoms with Gasteiger partial charge in [-0.25, -0.2) is 0 Å². The first-order chi connectivity index (χ1) is 12.3. The number of rotatable bonds is 4. The number of piperidine rings is 1. The molecule has 0 saturated carbocycles. The number of hydrogen-bond acceptors (Lipinski definition) is 5. The van der Waals surface area contributed by atoms with E-state index in [0.29, 0.717) is 18.3 Å². The van der Waals surface area contributed by atoms with Gasteiger partial charge in [-0.3, -0.25) is 9.69 Å². The number of likely N-dealkylation sites (tertiary alicyclic amines) is 1. The molecule has 3 rings (SSSR count). The van der Waals surface area contributed by atoms with Crippen LogP contribution in [0, 0.1) is 12.8 Å². The molecule has 6 heteroatoms. The van der Waals surface area contributed by atoms with Crippen LogP contribution in [0.15, 0.2) is 28.8 Å². The summed E-state index contributed by atoms with van der Waals surface area (Å²) in [5, 5.41) is 7.20. The van der Waals surface area contributed by atoms with Crippen LogP contribution in [0.25, 0.3) is 11.4 Å². The number of nitrogens with zero attached hydrogens (tertiary/aromatic N) is 3. The second-order valence-corrected chi connectivity index (χ2v) is 8.12. The van der Waals surface area contributed by atoms with E-state index in [0.717, 1.165) is 37.1 Å². The Morgan fingerprint density at radius 2 is 1.96 bits per heavy atom. The molecule has 0 atom stereocenters. The van der Waals surface area contributed by atoms with Crippen LogP contribution in [0.3, 0.4) is 0 Å². The zero-order valence-electron chi connectivity index (χ0n) is 16.1. The molecule has 1 saturated heterocycles. The molecule has 0 bridgehead atoms. The fourth-order valence-corrected chi connectivity index (χ4v) is 3.27. The number of carbonyl (C=O) groups is 1. The molecule has 2 aromatic rings. The van der Waals surface area contributed by atoms with Gasteiger partial charge in [0.15, 0.2) is 0 Å². The second-order valence-electron chi connectivity index (χ2n) is 8.12. The van der Waals surface area contributed by atoms with E-state index in [-0.39, 0.29) is 17.4 Å². The Labute approximate surface area is 155 Å². The third-order valence-corrected chi connectivity index (χ3v) is 4.67. The number of benzene rings is 1. The van der Waals surface area contributed by atoms with Crippen molar-refractivity contribution in [1.82, 2.24) is 20.4 Å². The van der Waals surface area contributed by atoms with E-state index in [1.54, 1.807) is 0 Å². The highest BCUT2D eigenvalue weighted by Gasteiger charge is 2.28. The van der Waals surface area contributed by atoms with Crippen LogP contribution in [0.5, 0.6) is 0 Å². The van der Waals surface area contributed by atoms with Gasteiger partial charge in [-0.15, -0.1) is 0 Å². The standard InChI is InChI=1S/C20H28N4O2/c1-14-7-5-6-8-16(14)18-21-17(26-23-18)13-24-11-9-15(10-12-24)19(25)22-20(2,3)4/h5-8,15H,9-13H2,1-4H3,(H,22,25). The number of hydrogen-bond donors (Lipinski definition) is 1. The first-order valence-corrected chi connectivity index (χ1v) is 9.25. The summed E-state index contributed by atoms with van der Waals surface area (Å²) in [6.45, 7) is 10.4. The zero-order valence-corrected chi connectivity index (χ0v) is 16.1. The van der Waals surface area contributed by atoms with Crippen molar-refractivity contribution in [1.29, 1.82) is 0 Å². The lowest BCUT2D eigenvalue weighted by atomic mass is 9.94. The van der Waals surface area contributed by atoms with Crippen LogP contribution < -0.4 is 5.32 Å². The molecule has 2 heterocycles. The highest BCUT2D eigenvalue weighted by atomic mass is 16.5. The van der Waals surface area contributed by atoms with Gasteiger partial charge in [-0.2, -0.15) is 4.98 Å². The third kappa shape index (κ3) is 4.69. The number of amides is 1. The molecule has 1 aromatic carbocycles. The molecule has 1 N–H and O–H groups in total. The highest BCUT2D eigenvalue weighted by molar-refractivity contribution is 5.79. The van der Waals surface area contributed by atoms with Crippen LogP contribution >= 0.6 is 0 Å². The average molecular weight is 356 g/mol. The Hall–Kier alpha value is -2.21. The van der Waals surface area contributed by atoms with Gasteiger partial charge in [0.1, 0.15) is 0 Å². The van der Waals surface area contributed by atoms with Gasteiger partial charge in [0.05, 0.1) is 6.54 Å². The molecule has 1 fully saturated rings. The minimum absolute atomic E-state index is 0.0932. The molecule has 0 radical (unpaired) electrons. The Morgan fingerprint density at radius 3 is 2.62 bits per heavy atom. The van der Waals surface area contributed by atoms with E-state index in [4.69, 9.17) is 4.52 Å². The van der Waals surface area contributed by atoms with Crippen molar-refractivity contribution >= 4 is 5.91 Å². The van der Waals surface area contributed by atoms with Crippen molar-refractivity contribution in [2.75, 3.05) is 13.1 Å². The lowest BCUT2D eigenvalue weighted by Gasteiger charge is -2.32. The Morgan fingerprint density at radius 1 is 1.27 bits per heavy atom. The molecule has 0 spiro atoms. The number of aryl methyl sites for hydroxylation is 1. The van der Waals surface area contributed by atoms with E-state index in [9.17, 15) is 4.79 Å². The Bertz CT molecular complexity index is 755. The fraction of sp³-hybridized carbons (Fsp3) is 0.550. The predicted molar refractivity (Wildman–Crippen MR) is 100 cm³/mol. The molecular formula is C20H28N4O2. The van der Waals surface area contributed by atoms with Gasteiger partial charge >= 0.3 is 0 Å². The first kappa shape index (κ1) is 18.6. The maximum Gasteiger partial charge on any atom is 0.241 e. The summed E-state index contributed by atoms with van der Waals surface area (Å²) in [4.78, 5) is 19.1. The van der Waals surface area contributed by atoms with E-state index in [1.165, 1.54) is 0 Å². The summed E-state index contributed by atoms with van der Waals surface area (Å²) >= 11 is 0. The largest absolute Gasteiger partial charge is 0.351 e. The van der Waals surface area contributed by atoms with Crippen LogP contribution in [-0.4, -0.2) is 39.6 Å². The van der Waals surface area contributed by atoms with Crippen LogP contribution in [0.4, 0.5) is 0 Å². The summed E-state index contributed by atoms with van der Waals surface area (Å²) in [7, 11) is 0. The van der Waals surface area contributed by atoms with E-state index < -0.39 is 0 Å². The first-order valence-electron chi connectivity index (χ1n) is 9.25. The van der Waals surface area contributed by atoms with Crippen molar-refractivity contribution in [2.24, 2.45) is 5.92 Å². The van der Waals surface area contributed by atoms with Gasteiger partial charge < -0.3 is 9.84 Å². The molecule has 1 aliphatic heterocycles. The summed E-state index contributed by atoms with van der Waals surface area (Å²) in [6, 6.07) is 8.02. The maximum absolute atomic E-state index is 12.3. The van der Waals surface area contributed by atoms with Crippen LogP contribution in [0.1, 0.15) is 45.1 Å². The third-order valence-electron chi connectivity index (χ3n) is 4.67. The Kier molecular flexibility index (Phi) is 5.41. The summed E-state index contributed by atoms with van der Waals surface area (Å²) in [5.41, 5.74) is 1.95. The van der Waals surface area contributed by atoms with Crippen molar-refractivity contribution in [2.45, 2.75) is 52.6 Å². The van der Waals surface area contributed by atoms with E-state index in [2.05, 4.69) is 20.4 Å². The smallest absolute Gasteiger partial charge is 0.241 e. The van der Waals surface area contributed by atoms with Gasteiger partial charge in [-0.1, -0.05) is 29.4 Å². The van der Waals surface area contributed by atoms with Crippen molar-refractivity contribution in [3.05, 3.63) is 35.7 Å². The van der Waals surface area contributed by atoms with E-state index >= 15 is 0 Å². The Balaban J connectivity index is 1.54. The second kappa shape index (κ2) is 7.58. The minimum Gasteiger partial charge on any atom is -0.351 e. The van der Waals surface area contributed by atoms with Crippen molar-refractivity contribution in [3.63, 3.8) is 0 Å². The molecule has 0 aliphatic carbocycles. The molecule has 6 nitrogen and oxygen atoms in total. The van der Waals surface area contributed by atoms with E-state index in [1.807, 2.05) is 52.0 Å². The molecule has 1 aromatic heterocycles. The molecule has 1 aliphatic rings.